The fourth-order valence-corrected chi connectivity index (χ4v) is 3.03. The molecule has 1 aromatic carbocycles. The predicted octanol–water partition coefficient (Wildman–Crippen LogP) is 4.10. The van der Waals surface area contributed by atoms with Crippen molar-refractivity contribution in [1.82, 2.24) is 10.2 Å². The van der Waals surface area contributed by atoms with Gasteiger partial charge in [0.05, 0.1) is 5.02 Å². The minimum Gasteiger partial charge on any atom is -0.349 e. The zero-order valence-corrected chi connectivity index (χ0v) is 15.1. The van der Waals surface area contributed by atoms with Gasteiger partial charge in [0, 0.05) is 34.7 Å². The number of hydrogen-bond acceptors (Lipinski definition) is 2. The summed E-state index contributed by atoms with van der Waals surface area (Å²) >= 11 is 9.37. The summed E-state index contributed by atoms with van der Waals surface area (Å²) in [5, 5.41) is 3.67. The highest BCUT2D eigenvalue weighted by molar-refractivity contribution is 9.10. The number of nitrogens with zero attached hydrogens (tertiary/aromatic N) is 1. The summed E-state index contributed by atoms with van der Waals surface area (Å²) < 4.78 is 0.805. The van der Waals surface area contributed by atoms with Gasteiger partial charge < -0.3 is 5.32 Å². The topological polar surface area (TPSA) is 32.3 Å². The molecule has 0 atom stereocenters. The van der Waals surface area contributed by atoms with Crippen molar-refractivity contribution in [1.29, 1.82) is 0 Å². The van der Waals surface area contributed by atoms with Crippen molar-refractivity contribution < 1.29 is 4.79 Å². The van der Waals surface area contributed by atoms with Gasteiger partial charge in [0.2, 0.25) is 0 Å². The Bertz CT molecular complexity index is 519. The van der Waals surface area contributed by atoms with Crippen LogP contribution in [0.15, 0.2) is 22.7 Å². The smallest absolute Gasteiger partial charge is 0.251 e. The van der Waals surface area contributed by atoms with Crippen LogP contribution in [0.3, 0.4) is 0 Å². The van der Waals surface area contributed by atoms with E-state index in [1.807, 2.05) is 0 Å². The van der Waals surface area contributed by atoms with Crippen LogP contribution in [-0.4, -0.2) is 35.5 Å². The van der Waals surface area contributed by atoms with Crippen LogP contribution in [0.1, 0.15) is 44.0 Å². The molecule has 1 amide bonds. The Kier molecular flexibility index (Phi) is 5.33. The molecular weight excluding hydrogens is 352 g/mol. The molecule has 0 unspecified atom stereocenters. The van der Waals surface area contributed by atoms with E-state index in [0.717, 1.165) is 30.4 Å². The summed E-state index contributed by atoms with van der Waals surface area (Å²) in [7, 11) is 0. The van der Waals surface area contributed by atoms with Gasteiger partial charge >= 0.3 is 0 Å². The van der Waals surface area contributed by atoms with Gasteiger partial charge in [0.15, 0.2) is 0 Å². The Hall–Kier alpha value is -0.580. The maximum absolute atomic E-state index is 12.3. The van der Waals surface area contributed by atoms with Crippen molar-refractivity contribution in [3.8, 4) is 0 Å². The molecular formula is C16H22BrClN2O. The third kappa shape index (κ3) is 4.44. The average molecular weight is 374 g/mol. The molecule has 1 aliphatic rings. The lowest BCUT2D eigenvalue weighted by Crippen LogP contribution is -2.50. The van der Waals surface area contributed by atoms with Crippen LogP contribution in [0.25, 0.3) is 0 Å². The number of halogens is 2. The van der Waals surface area contributed by atoms with Gasteiger partial charge in [-0.15, -0.1) is 0 Å². The summed E-state index contributed by atoms with van der Waals surface area (Å²) in [6.07, 6.45) is 1.99. The zero-order chi connectivity index (χ0) is 15.6. The summed E-state index contributed by atoms with van der Waals surface area (Å²) in [5.41, 5.74) is 0.815. The van der Waals surface area contributed by atoms with Crippen molar-refractivity contribution >= 4 is 33.4 Å². The molecule has 1 aliphatic heterocycles. The number of carbonyl (C=O) groups excluding carboxylic acids is 1. The standard InChI is InChI=1S/C16H22BrClN2O/c1-16(2,3)20-8-6-12(7-9-20)19-15(21)11-4-5-13(17)14(18)10-11/h4-5,10,12H,6-9H2,1-3H3,(H,19,21). The van der Waals surface area contributed by atoms with Crippen LogP contribution >= 0.6 is 27.5 Å². The molecule has 5 heteroatoms. The van der Waals surface area contributed by atoms with Gasteiger partial charge in [-0.2, -0.15) is 0 Å². The highest BCUT2D eigenvalue weighted by Gasteiger charge is 2.27. The van der Waals surface area contributed by atoms with Crippen LogP contribution < -0.4 is 5.32 Å². The average Bonchev–Trinajstić information content (AvgIpc) is 2.41. The predicted molar refractivity (Wildman–Crippen MR) is 91.0 cm³/mol. The summed E-state index contributed by atoms with van der Waals surface area (Å²) in [6.45, 7) is 8.74. The maximum Gasteiger partial charge on any atom is 0.251 e. The lowest BCUT2D eigenvalue weighted by atomic mass is 9.98. The summed E-state index contributed by atoms with van der Waals surface area (Å²) in [4.78, 5) is 14.7. The highest BCUT2D eigenvalue weighted by Crippen LogP contribution is 2.24. The molecule has 0 aliphatic carbocycles. The zero-order valence-electron chi connectivity index (χ0n) is 12.7. The number of rotatable bonds is 2. The molecule has 1 aromatic rings. The van der Waals surface area contributed by atoms with Crippen molar-refractivity contribution in [2.45, 2.75) is 45.2 Å². The molecule has 116 valence electrons. The molecule has 1 heterocycles. The summed E-state index contributed by atoms with van der Waals surface area (Å²) in [5.74, 6) is -0.0430. The fourth-order valence-electron chi connectivity index (χ4n) is 2.60. The number of likely N-dealkylation sites (tertiary alicyclic amines) is 1. The van der Waals surface area contributed by atoms with E-state index in [-0.39, 0.29) is 17.5 Å². The van der Waals surface area contributed by atoms with Crippen LogP contribution in [0.2, 0.25) is 5.02 Å². The first-order valence-electron chi connectivity index (χ1n) is 7.28. The lowest BCUT2D eigenvalue weighted by Gasteiger charge is -2.41. The minimum atomic E-state index is -0.0430. The Morgan fingerprint density at radius 2 is 1.95 bits per heavy atom. The first-order chi connectivity index (χ1) is 9.77. The maximum atomic E-state index is 12.3. The Balaban J connectivity index is 1.91. The van der Waals surface area contributed by atoms with E-state index in [1.54, 1.807) is 18.2 Å². The molecule has 2 rings (SSSR count). The van der Waals surface area contributed by atoms with Gasteiger partial charge in [-0.1, -0.05) is 11.6 Å². The molecule has 0 saturated carbocycles. The highest BCUT2D eigenvalue weighted by atomic mass is 79.9. The number of nitrogens with one attached hydrogen (secondary N) is 1. The van der Waals surface area contributed by atoms with E-state index in [4.69, 9.17) is 11.6 Å². The second kappa shape index (κ2) is 6.67. The van der Waals surface area contributed by atoms with Crippen LogP contribution in [0.4, 0.5) is 0 Å². The second-order valence-electron chi connectivity index (χ2n) is 6.53. The van der Waals surface area contributed by atoms with Gasteiger partial charge in [-0.25, -0.2) is 0 Å². The van der Waals surface area contributed by atoms with E-state index in [9.17, 15) is 4.79 Å². The van der Waals surface area contributed by atoms with Crippen molar-refractivity contribution in [2.75, 3.05) is 13.1 Å². The molecule has 0 aromatic heterocycles. The number of carbonyl (C=O) groups is 1. The number of piperidine rings is 1. The van der Waals surface area contributed by atoms with E-state index >= 15 is 0 Å². The van der Waals surface area contributed by atoms with E-state index in [0.29, 0.717) is 10.6 Å². The number of benzene rings is 1. The number of hydrogen-bond donors (Lipinski definition) is 1. The lowest BCUT2D eigenvalue weighted by molar-refractivity contribution is 0.0812. The molecule has 21 heavy (non-hydrogen) atoms. The monoisotopic (exact) mass is 372 g/mol. The van der Waals surface area contributed by atoms with Crippen molar-refractivity contribution in [3.05, 3.63) is 33.3 Å². The van der Waals surface area contributed by atoms with Crippen LogP contribution in [0, 0.1) is 0 Å². The van der Waals surface area contributed by atoms with E-state index < -0.39 is 0 Å². The van der Waals surface area contributed by atoms with Crippen LogP contribution in [-0.2, 0) is 0 Å². The molecule has 0 radical (unpaired) electrons. The molecule has 0 spiro atoms. The third-order valence-corrected chi connectivity index (χ3v) is 5.19. The van der Waals surface area contributed by atoms with E-state index in [2.05, 4.69) is 46.9 Å². The van der Waals surface area contributed by atoms with Gasteiger partial charge in [-0.3, -0.25) is 9.69 Å². The minimum absolute atomic E-state index is 0.0430. The second-order valence-corrected chi connectivity index (χ2v) is 7.80. The first-order valence-corrected chi connectivity index (χ1v) is 8.45. The Morgan fingerprint density at radius 3 is 2.48 bits per heavy atom. The fraction of sp³-hybridized carbons (Fsp3) is 0.562. The van der Waals surface area contributed by atoms with Gasteiger partial charge in [0.25, 0.3) is 5.91 Å². The SMILES string of the molecule is CC(C)(C)N1CCC(NC(=O)c2ccc(Br)c(Cl)c2)CC1. The normalized spacial score (nSPS) is 17.8. The van der Waals surface area contributed by atoms with Gasteiger partial charge in [-0.05, 0) is 67.7 Å². The summed E-state index contributed by atoms with van der Waals surface area (Å²) in [6, 6.07) is 5.54. The molecule has 1 saturated heterocycles. The molecule has 1 fully saturated rings. The first kappa shape index (κ1) is 16.8. The number of amides is 1. The molecule has 3 nitrogen and oxygen atoms in total. The largest absolute Gasteiger partial charge is 0.349 e. The Labute approximate surface area is 140 Å². The third-order valence-electron chi connectivity index (χ3n) is 3.96. The van der Waals surface area contributed by atoms with Crippen molar-refractivity contribution in [3.63, 3.8) is 0 Å². The quantitative estimate of drug-likeness (QED) is 0.846. The molecule has 1 N–H and O–H groups in total. The Morgan fingerprint density at radius 1 is 1.33 bits per heavy atom. The van der Waals surface area contributed by atoms with Crippen molar-refractivity contribution in [2.24, 2.45) is 0 Å². The van der Waals surface area contributed by atoms with E-state index in [1.165, 1.54) is 0 Å². The van der Waals surface area contributed by atoms with Gasteiger partial charge in [0.1, 0.15) is 0 Å². The molecule has 0 bridgehead atoms. The van der Waals surface area contributed by atoms with Crippen LogP contribution in [0.5, 0.6) is 0 Å².